The molecule has 0 amide bonds. The fraction of sp³-hybridized carbons (Fsp3) is 0.355. The monoisotopic (exact) mass is 437 g/mol. The molecule has 2 unspecified atom stereocenters. The molecule has 5 rings (SSSR count). The molecule has 2 atom stereocenters. The van der Waals surface area contributed by atoms with Crippen LogP contribution in [0.2, 0.25) is 0 Å². The maximum absolute atomic E-state index is 5.92. The SMILES string of the molecule is C=C(C)C1=CN2C(=CC1=C)c1cc(OC)c(CCc3ccccc3)cc1C1CCC(C)(C)C12. The van der Waals surface area contributed by atoms with E-state index in [-0.39, 0.29) is 5.41 Å². The van der Waals surface area contributed by atoms with E-state index in [0.29, 0.717) is 12.0 Å². The van der Waals surface area contributed by atoms with Gasteiger partial charge >= 0.3 is 0 Å². The van der Waals surface area contributed by atoms with Crippen LogP contribution in [0.25, 0.3) is 5.70 Å². The van der Waals surface area contributed by atoms with E-state index in [1.54, 1.807) is 7.11 Å². The molecule has 1 fully saturated rings. The molecule has 0 saturated heterocycles. The predicted molar refractivity (Wildman–Crippen MR) is 138 cm³/mol. The second kappa shape index (κ2) is 8.09. The summed E-state index contributed by atoms with van der Waals surface area (Å²) in [5.74, 6) is 1.50. The van der Waals surface area contributed by atoms with Gasteiger partial charge in [-0.15, -0.1) is 0 Å². The van der Waals surface area contributed by atoms with Crippen LogP contribution >= 0.6 is 0 Å². The second-order valence-corrected chi connectivity index (χ2v) is 10.6. The largest absolute Gasteiger partial charge is 0.496 e. The minimum absolute atomic E-state index is 0.237. The Morgan fingerprint density at radius 1 is 1.15 bits per heavy atom. The summed E-state index contributed by atoms with van der Waals surface area (Å²) in [4.78, 5) is 2.53. The molecule has 2 aromatic carbocycles. The molecular formula is C31H35NO. The Morgan fingerprint density at radius 2 is 1.91 bits per heavy atom. The molecule has 2 heteroatoms. The zero-order valence-corrected chi connectivity index (χ0v) is 20.4. The van der Waals surface area contributed by atoms with E-state index in [1.165, 1.54) is 40.8 Å². The first-order valence-corrected chi connectivity index (χ1v) is 12.1. The lowest BCUT2D eigenvalue weighted by molar-refractivity contribution is 0.194. The molecule has 1 aliphatic carbocycles. The molecule has 33 heavy (non-hydrogen) atoms. The van der Waals surface area contributed by atoms with Crippen LogP contribution in [0.3, 0.4) is 0 Å². The van der Waals surface area contributed by atoms with Gasteiger partial charge in [0.2, 0.25) is 0 Å². The van der Waals surface area contributed by atoms with Crippen LogP contribution in [0, 0.1) is 5.41 Å². The van der Waals surface area contributed by atoms with Crippen molar-refractivity contribution < 1.29 is 4.74 Å². The molecular weight excluding hydrogens is 402 g/mol. The van der Waals surface area contributed by atoms with Crippen LogP contribution < -0.4 is 4.74 Å². The van der Waals surface area contributed by atoms with Crippen LogP contribution in [0.1, 0.15) is 61.8 Å². The summed E-state index contributed by atoms with van der Waals surface area (Å²) in [5, 5.41) is 0. The average Bonchev–Trinajstić information content (AvgIpc) is 3.12. The van der Waals surface area contributed by atoms with Crippen LogP contribution in [0.15, 0.2) is 84.6 Å². The molecule has 0 aromatic heterocycles. The third kappa shape index (κ3) is 3.66. The Bertz CT molecular complexity index is 1180. The lowest BCUT2D eigenvalue weighted by Gasteiger charge is -2.47. The van der Waals surface area contributed by atoms with E-state index in [2.05, 4.69) is 93.6 Å². The van der Waals surface area contributed by atoms with Crippen molar-refractivity contribution in [3.63, 3.8) is 0 Å². The highest BCUT2D eigenvalue weighted by Gasteiger charge is 2.50. The summed E-state index contributed by atoms with van der Waals surface area (Å²) in [7, 11) is 1.79. The van der Waals surface area contributed by atoms with E-state index in [4.69, 9.17) is 4.74 Å². The van der Waals surface area contributed by atoms with Gasteiger partial charge in [0.05, 0.1) is 7.11 Å². The van der Waals surface area contributed by atoms with Gasteiger partial charge in [-0.2, -0.15) is 0 Å². The molecule has 2 nitrogen and oxygen atoms in total. The highest BCUT2D eigenvalue weighted by Crippen LogP contribution is 2.57. The van der Waals surface area contributed by atoms with Gasteiger partial charge in [-0.1, -0.05) is 63.4 Å². The molecule has 2 heterocycles. The number of fused-ring (bicyclic) bond motifs is 6. The number of aryl methyl sites for hydroxylation is 2. The van der Waals surface area contributed by atoms with Crippen molar-refractivity contribution in [2.45, 2.75) is 58.4 Å². The van der Waals surface area contributed by atoms with Gasteiger partial charge in [0.25, 0.3) is 0 Å². The molecule has 0 N–H and O–H groups in total. The molecule has 2 aromatic rings. The van der Waals surface area contributed by atoms with Crippen LogP contribution in [-0.2, 0) is 12.8 Å². The van der Waals surface area contributed by atoms with Crippen molar-refractivity contribution in [3.05, 3.63) is 107 Å². The number of hydrogen-bond acceptors (Lipinski definition) is 2. The fourth-order valence-corrected chi connectivity index (χ4v) is 6.20. The summed E-state index contributed by atoms with van der Waals surface area (Å²) in [6.45, 7) is 15.5. The summed E-state index contributed by atoms with van der Waals surface area (Å²) >= 11 is 0. The molecule has 2 aliphatic heterocycles. The van der Waals surface area contributed by atoms with Crippen molar-refractivity contribution in [1.29, 1.82) is 0 Å². The van der Waals surface area contributed by atoms with Crippen molar-refractivity contribution in [1.82, 2.24) is 4.90 Å². The Morgan fingerprint density at radius 3 is 2.61 bits per heavy atom. The quantitative estimate of drug-likeness (QED) is 0.482. The first kappa shape index (κ1) is 21.8. The van der Waals surface area contributed by atoms with Gasteiger partial charge in [0.1, 0.15) is 5.75 Å². The Labute approximate surface area is 199 Å². The number of methoxy groups -OCH3 is 1. The van der Waals surface area contributed by atoms with Gasteiger partial charge in [-0.25, -0.2) is 0 Å². The summed E-state index contributed by atoms with van der Waals surface area (Å²) < 4.78 is 5.92. The summed E-state index contributed by atoms with van der Waals surface area (Å²) in [6, 6.07) is 15.9. The molecule has 1 saturated carbocycles. The molecule has 3 aliphatic rings. The van der Waals surface area contributed by atoms with Gasteiger partial charge in [-0.05, 0) is 83.6 Å². The Hall–Kier alpha value is -3.00. The highest BCUT2D eigenvalue weighted by molar-refractivity contribution is 5.79. The van der Waals surface area contributed by atoms with E-state index in [0.717, 1.165) is 35.3 Å². The molecule has 0 radical (unpaired) electrons. The van der Waals surface area contributed by atoms with E-state index < -0.39 is 0 Å². The van der Waals surface area contributed by atoms with Crippen LogP contribution in [0.5, 0.6) is 5.75 Å². The maximum atomic E-state index is 5.92. The zero-order valence-electron chi connectivity index (χ0n) is 20.4. The van der Waals surface area contributed by atoms with Crippen molar-refractivity contribution in [3.8, 4) is 5.75 Å². The average molecular weight is 438 g/mol. The first-order valence-electron chi connectivity index (χ1n) is 12.1. The number of hydrogen-bond donors (Lipinski definition) is 0. The second-order valence-electron chi connectivity index (χ2n) is 10.6. The number of benzene rings is 2. The molecule has 170 valence electrons. The summed E-state index contributed by atoms with van der Waals surface area (Å²) in [5.41, 5.74) is 10.2. The predicted octanol–water partition coefficient (Wildman–Crippen LogP) is 7.44. The van der Waals surface area contributed by atoms with Crippen LogP contribution in [-0.4, -0.2) is 18.1 Å². The lowest BCUT2D eigenvalue weighted by Crippen LogP contribution is -2.45. The number of rotatable bonds is 5. The number of allylic oxidation sites excluding steroid dienone is 4. The first-order chi connectivity index (χ1) is 15.8. The van der Waals surface area contributed by atoms with E-state index >= 15 is 0 Å². The standard InChI is InChI=1S/C31H35NO/c1-20(2)27-19-32-28(16-21(27)3)26-18-29(33-6)23(13-12-22-10-8-7-9-11-22)17-25(26)24-14-15-31(4,5)30(24)32/h7-11,16-19,24,30H,1,3,12-15H2,2,4-6H3. The zero-order chi connectivity index (χ0) is 23.3. The Balaban J connectivity index is 1.61. The normalized spacial score (nSPS) is 22.7. The topological polar surface area (TPSA) is 12.5 Å². The van der Waals surface area contributed by atoms with E-state index in [1.807, 2.05) is 0 Å². The van der Waals surface area contributed by atoms with Gasteiger partial charge in [0.15, 0.2) is 0 Å². The number of nitrogens with zero attached hydrogens (tertiary/aromatic N) is 1. The van der Waals surface area contributed by atoms with Crippen LogP contribution in [0.4, 0.5) is 0 Å². The Kier molecular flexibility index (Phi) is 5.35. The van der Waals surface area contributed by atoms with Gasteiger partial charge in [0, 0.05) is 29.4 Å². The molecule has 0 spiro atoms. The lowest BCUT2D eigenvalue weighted by atomic mass is 9.74. The fourth-order valence-electron chi connectivity index (χ4n) is 6.20. The number of ether oxygens (including phenoxy) is 1. The smallest absolute Gasteiger partial charge is 0.122 e. The minimum Gasteiger partial charge on any atom is -0.496 e. The minimum atomic E-state index is 0.237. The van der Waals surface area contributed by atoms with Crippen molar-refractivity contribution >= 4 is 5.70 Å². The van der Waals surface area contributed by atoms with Crippen molar-refractivity contribution in [2.75, 3.05) is 7.11 Å². The third-order valence-electron chi connectivity index (χ3n) is 7.90. The van der Waals surface area contributed by atoms with Gasteiger partial charge in [-0.3, -0.25) is 0 Å². The van der Waals surface area contributed by atoms with Crippen molar-refractivity contribution in [2.24, 2.45) is 5.41 Å². The van der Waals surface area contributed by atoms with Gasteiger partial charge < -0.3 is 9.64 Å². The van der Waals surface area contributed by atoms with E-state index in [9.17, 15) is 0 Å². The molecule has 0 bridgehead atoms. The maximum Gasteiger partial charge on any atom is 0.122 e. The third-order valence-corrected chi connectivity index (χ3v) is 7.90. The highest BCUT2D eigenvalue weighted by atomic mass is 16.5. The summed E-state index contributed by atoms with van der Waals surface area (Å²) in [6.07, 6.45) is 9.02.